The highest BCUT2D eigenvalue weighted by molar-refractivity contribution is 5.78. The Morgan fingerprint density at radius 3 is 2.83 bits per heavy atom. The van der Waals surface area contributed by atoms with Crippen molar-refractivity contribution >= 4 is 5.91 Å². The first-order valence-electron chi connectivity index (χ1n) is 6.35. The minimum Gasteiger partial charge on any atom is -0.381 e. The summed E-state index contributed by atoms with van der Waals surface area (Å²) in [7, 11) is 0. The van der Waals surface area contributed by atoms with Crippen LogP contribution in [0.2, 0.25) is 0 Å². The Morgan fingerprint density at radius 1 is 1.39 bits per heavy atom. The number of benzene rings is 1. The number of rotatable bonds is 4. The second-order valence-corrected chi connectivity index (χ2v) is 4.58. The van der Waals surface area contributed by atoms with Crippen LogP contribution in [0.25, 0.3) is 0 Å². The summed E-state index contributed by atoms with van der Waals surface area (Å²) in [6.07, 6.45) is 2.58. The minimum absolute atomic E-state index is 0.00744. The Kier molecular flexibility index (Phi) is 4.70. The lowest BCUT2D eigenvalue weighted by Gasteiger charge is -2.21. The molecule has 18 heavy (non-hydrogen) atoms. The molecule has 1 aliphatic heterocycles. The number of ether oxygens (including phenoxy) is 1. The van der Waals surface area contributed by atoms with Gasteiger partial charge in [-0.2, -0.15) is 0 Å². The number of amides is 1. The average Bonchev–Trinajstić information content (AvgIpc) is 2.42. The Balaban J connectivity index is 1.71. The van der Waals surface area contributed by atoms with Gasteiger partial charge >= 0.3 is 0 Å². The second-order valence-electron chi connectivity index (χ2n) is 4.58. The molecule has 1 heterocycles. The van der Waals surface area contributed by atoms with E-state index in [1.165, 1.54) is 12.1 Å². The van der Waals surface area contributed by atoms with E-state index in [0.717, 1.165) is 31.4 Å². The lowest BCUT2D eigenvalue weighted by Crippen LogP contribution is -2.36. The van der Waals surface area contributed by atoms with Crippen molar-refractivity contribution in [3.8, 4) is 0 Å². The molecule has 1 amide bonds. The Hall–Kier alpha value is -1.42. The van der Waals surface area contributed by atoms with Crippen LogP contribution in [0.4, 0.5) is 4.39 Å². The predicted octanol–water partition coefficient (Wildman–Crippen LogP) is 1.91. The monoisotopic (exact) mass is 251 g/mol. The van der Waals surface area contributed by atoms with E-state index in [1.54, 1.807) is 12.1 Å². The number of nitrogens with one attached hydrogen (secondary N) is 1. The first kappa shape index (κ1) is 13.0. The Labute approximate surface area is 106 Å². The molecule has 4 heteroatoms. The maximum absolute atomic E-state index is 12.7. The minimum atomic E-state index is -0.234. The maximum atomic E-state index is 12.7. The first-order valence-corrected chi connectivity index (χ1v) is 6.35. The van der Waals surface area contributed by atoms with Gasteiger partial charge in [0.05, 0.1) is 12.5 Å². The molecule has 1 fully saturated rings. The van der Waals surface area contributed by atoms with Gasteiger partial charge in [0.25, 0.3) is 0 Å². The molecule has 2 rings (SSSR count). The van der Waals surface area contributed by atoms with E-state index < -0.39 is 0 Å². The van der Waals surface area contributed by atoms with E-state index >= 15 is 0 Å². The van der Waals surface area contributed by atoms with Crippen LogP contribution >= 0.6 is 0 Å². The summed E-state index contributed by atoms with van der Waals surface area (Å²) in [4.78, 5) is 11.8. The zero-order valence-corrected chi connectivity index (χ0v) is 10.3. The number of halogens is 1. The summed E-state index contributed by atoms with van der Waals surface area (Å²) in [5, 5.41) is 2.90. The van der Waals surface area contributed by atoms with Crippen molar-refractivity contribution in [1.82, 2.24) is 5.32 Å². The third kappa shape index (κ3) is 3.81. The van der Waals surface area contributed by atoms with Crippen LogP contribution in [0.5, 0.6) is 0 Å². The van der Waals surface area contributed by atoms with Gasteiger partial charge in [-0.15, -0.1) is 0 Å². The van der Waals surface area contributed by atoms with Crippen LogP contribution in [0.1, 0.15) is 18.4 Å². The van der Waals surface area contributed by atoms with Crippen LogP contribution in [0, 0.1) is 11.7 Å². The fourth-order valence-corrected chi connectivity index (χ4v) is 2.07. The standard InChI is InChI=1S/C14H18FNO2/c15-13-5-3-11(4-6-13)7-8-16-14(17)12-2-1-9-18-10-12/h3-6,12H,1-2,7-10H2,(H,16,17). The van der Waals surface area contributed by atoms with Crippen LogP contribution < -0.4 is 5.32 Å². The van der Waals surface area contributed by atoms with Crippen molar-refractivity contribution in [1.29, 1.82) is 0 Å². The van der Waals surface area contributed by atoms with Crippen molar-refractivity contribution in [3.63, 3.8) is 0 Å². The second kappa shape index (κ2) is 6.50. The molecule has 0 aromatic heterocycles. The first-order chi connectivity index (χ1) is 8.75. The van der Waals surface area contributed by atoms with Gasteiger partial charge in [-0.25, -0.2) is 4.39 Å². The van der Waals surface area contributed by atoms with Crippen LogP contribution in [-0.4, -0.2) is 25.7 Å². The van der Waals surface area contributed by atoms with Crippen molar-refractivity contribution in [2.45, 2.75) is 19.3 Å². The number of carbonyl (C=O) groups is 1. The zero-order chi connectivity index (χ0) is 12.8. The van der Waals surface area contributed by atoms with Crippen molar-refractivity contribution in [2.24, 2.45) is 5.92 Å². The third-order valence-electron chi connectivity index (χ3n) is 3.16. The molecule has 1 atom stereocenters. The van der Waals surface area contributed by atoms with Crippen molar-refractivity contribution in [3.05, 3.63) is 35.6 Å². The van der Waals surface area contributed by atoms with Gasteiger partial charge < -0.3 is 10.1 Å². The molecule has 1 aliphatic rings. The molecule has 1 N–H and O–H groups in total. The Morgan fingerprint density at radius 2 is 2.17 bits per heavy atom. The SMILES string of the molecule is O=C(NCCc1ccc(F)cc1)C1CCCOC1. The van der Waals surface area contributed by atoms with Crippen LogP contribution in [-0.2, 0) is 16.0 Å². The summed E-state index contributed by atoms with van der Waals surface area (Å²) in [6.45, 7) is 1.88. The number of hydrogen-bond donors (Lipinski definition) is 1. The summed E-state index contributed by atoms with van der Waals surface area (Å²) in [5.74, 6) is -0.175. The summed E-state index contributed by atoms with van der Waals surface area (Å²) >= 11 is 0. The predicted molar refractivity (Wildman–Crippen MR) is 66.7 cm³/mol. The fraction of sp³-hybridized carbons (Fsp3) is 0.500. The summed E-state index contributed by atoms with van der Waals surface area (Å²) in [6, 6.07) is 6.36. The molecule has 0 bridgehead atoms. The highest BCUT2D eigenvalue weighted by Crippen LogP contribution is 2.13. The molecule has 0 aliphatic carbocycles. The van der Waals surface area contributed by atoms with Gasteiger partial charge in [0.15, 0.2) is 0 Å². The van der Waals surface area contributed by atoms with E-state index in [4.69, 9.17) is 4.74 Å². The number of hydrogen-bond acceptors (Lipinski definition) is 2. The fourth-order valence-electron chi connectivity index (χ4n) is 2.07. The van der Waals surface area contributed by atoms with E-state index in [0.29, 0.717) is 13.2 Å². The topological polar surface area (TPSA) is 38.3 Å². The van der Waals surface area contributed by atoms with Gasteiger partial charge in [-0.05, 0) is 37.0 Å². The number of carbonyl (C=O) groups excluding carboxylic acids is 1. The summed E-state index contributed by atoms with van der Waals surface area (Å²) in [5.41, 5.74) is 1.02. The third-order valence-corrected chi connectivity index (χ3v) is 3.16. The van der Waals surface area contributed by atoms with Gasteiger partial charge in [0.1, 0.15) is 5.82 Å². The maximum Gasteiger partial charge on any atom is 0.225 e. The average molecular weight is 251 g/mol. The molecule has 0 saturated carbocycles. The molecule has 1 aromatic carbocycles. The highest BCUT2D eigenvalue weighted by Gasteiger charge is 2.20. The van der Waals surface area contributed by atoms with Crippen molar-refractivity contribution in [2.75, 3.05) is 19.8 Å². The summed E-state index contributed by atoms with van der Waals surface area (Å²) < 4.78 is 18.0. The normalized spacial score (nSPS) is 19.5. The quantitative estimate of drug-likeness (QED) is 0.887. The van der Waals surface area contributed by atoms with Gasteiger partial charge in [0.2, 0.25) is 5.91 Å². The lowest BCUT2D eigenvalue weighted by molar-refractivity contribution is -0.128. The largest absolute Gasteiger partial charge is 0.381 e. The van der Waals surface area contributed by atoms with E-state index in [9.17, 15) is 9.18 Å². The van der Waals surface area contributed by atoms with E-state index in [2.05, 4.69) is 5.32 Å². The van der Waals surface area contributed by atoms with Gasteiger partial charge in [-0.3, -0.25) is 4.79 Å². The van der Waals surface area contributed by atoms with Gasteiger partial charge in [0, 0.05) is 13.2 Å². The van der Waals surface area contributed by atoms with Crippen molar-refractivity contribution < 1.29 is 13.9 Å². The molecule has 1 unspecified atom stereocenters. The molecule has 0 radical (unpaired) electrons. The Bertz CT molecular complexity index is 385. The highest BCUT2D eigenvalue weighted by atomic mass is 19.1. The molecular formula is C14H18FNO2. The molecule has 98 valence electrons. The molecule has 3 nitrogen and oxygen atoms in total. The smallest absolute Gasteiger partial charge is 0.225 e. The van der Waals surface area contributed by atoms with Gasteiger partial charge in [-0.1, -0.05) is 12.1 Å². The zero-order valence-electron chi connectivity index (χ0n) is 10.3. The van der Waals surface area contributed by atoms with Crippen LogP contribution in [0.15, 0.2) is 24.3 Å². The van der Waals surface area contributed by atoms with E-state index in [1.807, 2.05) is 0 Å². The lowest BCUT2D eigenvalue weighted by atomic mass is 10.0. The molecule has 0 spiro atoms. The van der Waals surface area contributed by atoms with E-state index in [-0.39, 0.29) is 17.6 Å². The molecular weight excluding hydrogens is 233 g/mol. The molecule has 1 aromatic rings. The molecule has 1 saturated heterocycles. The van der Waals surface area contributed by atoms with Crippen LogP contribution in [0.3, 0.4) is 0 Å².